The third-order valence-corrected chi connectivity index (χ3v) is 5.20. The number of amides is 3. The van der Waals surface area contributed by atoms with E-state index in [0.29, 0.717) is 15.6 Å². The first-order valence-corrected chi connectivity index (χ1v) is 10.3. The van der Waals surface area contributed by atoms with Crippen molar-refractivity contribution in [1.29, 1.82) is 0 Å². The summed E-state index contributed by atoms with van der Waals surface area (Å²) in [4.78, 5) is 47.2. The van der Waals surface area contributed by atoms with Crippen LogP contribution in [0.3, 0.4) is 0 Å². The molecule has 0 bridgehead atoms. The van der Waals surface area contributed by atoms with Gasteiger partial charge in [0.2, 0.25) is 5.91 Å². The number of benzene rings is 1. The summed E-state index contributed by atoms with van der Waals surface area (Å²) in [6.07, 6.45) is -1.40. The van der Waals surface area contributed by atoms with Gasteiger partial charge in [0.25, 0.3) is 5.91 Å². The highest BCUT2D eigenvalue weighted by Crippen LogP contribution is 2.35. The van der Waals surface area contributed by atoms with E-state index < -0.39 is 36.5 Å². The summed E-state index contributed by atoms with van der Waals surface area (Å²) >= 11 is 1.19. The van der Waals surface area contributed by atoms with Crippen LogP contribution in [0.4, 0.5) is 14.9 Å². The Labute approximate surface area is 185 Å². The molecule has 13 heteroatoms. The number of anilines is 1. The molecule has 0 spiro atoms. The number of carbonyl (C=O) groups is 4. The maximum absolute atomic E-state index is 14.0. The Bertz CT molecular complexity index is 1040. The number of hydrogen-bond acceptors (Lipinski definition) is 9. The second-order valence-corrected chi connectivity index (χ2v) is 7.83. The fourth-order valence-corrected chi connectivity index (χ4v) is 3.63. The molecule has 1 saturated heterocycles. The van der Waals surface area contributed by atoms with Gasteiger partial charge < -0.3 is 20.1 Å². The molecular formula is C19H20FN5O6S. The maximum Gasteiger partial charge on any atom is 0.414 e. The second kappa shape index (κ2) is 10.1. The number of hydrogen-bond donors (Lipinski definition) is 2. The van der Waals surface area contributed by atoms with Crippen LogP contribution in [0.1, 0.15) is 18.9 Å². The normalized spacial score (nSPS) is 15.3. The average molecular weight is 465 g/mol. The quantitative estimate of drug-likeness (QED) is 0.550. The SMILES string of the molecule is CC(=O)NCc1nnc(-c2ccc(F)cc2N2CC(CNC(=O)COC(C)=O)OC2=O)s1. The van der Waals surface area contributed by atoms with Gasteiger partial charge in [-0.3, -0.25) is 19.3 Å². The Kier molecular flexibility index (Phi) is 7.30. The van der Waals surface area contributed by atoms with Crippen LogP contribution in [-0.2, 0) is 30.4 Å². The first-order valence-electron chi connectivity index (χ1n) is 9.48. The lowest BCUT2D eigenvalue weighted by Crippen LogP contribution is -2.36. The Morgan fingerprint density at radius 3 is 2.78 bits per heavy atom. The van der Waals surface area contributed by atoms with Crippen molar-refractivity contribution in [3.05, 3.63) is 29.0 Å². The third kappa shape index (κ3) is 5.97. The van der Waals surface area contributed by atoms with Crippen LogP contribution in [0, 0.1) is 5.82 Å². The predicted octanol–water partition coefficient (Wildman–Crippen LogP) is 0.985. The monoisotopic (exact) mass is 465 g/mol. The number of nitrogens with one attached hydrogen (secondary N) is 2. The van der Waals surface area contributed by atoms with E-state index in [1.165, 1.54) is 48.3 Å². The van der Waals surface area contributed by atoms with Crippen molar-refractivity contribution >= 4 is 40.9 Å². The van der Waals surface area contributed by atoms with E-state index in [2.05, 4.69) is 25.6 Å². The molecule has 1 aromatic carbocycles. The molecule has 1 atom stereocenters. The molecule has 2 N–H and O–H groups in total. The number of halogens is 1. The van der Waals surface area contributed by atoms with Crippen LogP contribution in [0.25, 0.3) is 10.6 Å². The number of carbonyl (C=O) groups excluding carboxylic acids is 4. The minimum Gasteiger partial charge on any atom is -0.456 e. The molecule has 1 unspecified atom stereocenters. The molecule has 1 aliphatic rings. The lowest BCUT2D eigenvalue weighted by atomic mass is 10.1. The zero-order valence-electron chi connectivity index (χ0n) is 17.2. The molecule has 0 aliphatic carbocycles. The standard InChI is InChI=1S/C19H20FN5O6S/c1-10(26)21-7-17-23-24-18(32-17)14-4-3-12(20)5-15(14)25-8-13(31-19(25)29)6-22-16(28)9-30-11(2)27/h3-5,13H,6-9H2,1-2H3,(H,21,26)(H,22,28). The highest BCUT2D eigenvalue weighted by molar-refractivity contribution is 7.14. The Hall–Kier alpha value is -3.61. The number of aromatic nitrogens is 2. The summed E-state index contributed by atoms with van der Waals surface area (Å²) in [6, 6.07) is 3.91. The number of rotatable bonds is 8. The Morgan fingerprint density at radius 1 is 1.28 bits per heavy atom. The molecule has 2 heterocycles. The van der Waals surface area contributed by atoms with Gasteiger partial charge in [-0.1, -0.05) is 11.3 Å². The van der Waals surface area contributed by atoms with Crippen molar-refractivity contribution in [2.75, 3.05) is 24.6 Å². The minimum absolute atomic E-state index is 0.00728. The molecule has 2 aromatic rings. The van der Waals surface area contributed by atoms with Gasteiger partial charge in [0.1, 0.15) is 21.9 Å². The Balaban J connectivity index is 1.72. The van der Waals surface area contributed by atoms with E-state index in [-0.39, 0.29) is 31.2 Å². The zero-order chi connectivity index (χ0) is 23.3. The maximum atomic E-state index is 14.0. The largest absolute Gasteiger partial charge is 0.456 e. The topological polar surface area (TPSA) is 140 Å². The van der Waals surface area contributed by atoms with Crippen LogP contribution < -0.4 is 15.5 Å². The number of ether oxygens (including phenoxy) is 2. The lowest BCUT2D eigenvalue weighted by molar-refractivity contribution is -0.146. The van der Waals surface area contributed by atoms with Gasteiger partial charge in [-0.25, -0.2) is 9.18 Å². The van der Waals surface area contributed by atoms with Crippen molar-refractivity contribution < 1.29 is 33.0 Å². The van der Waals surface area contributed by atoms with Crippen molar-refractivity contribution in [1.82, 2.24) is 20.8 Å². The van der Waals surface area contributed by atoms with Gasteiger partial charge in [-0.05, 0) is 18.2 Å². The zero-order valence-corrected chi connectivity index (χ0v) is 18.0. The number of nitrogens with zero attached hydrogens (tertiary/aromatic N) is 3. The van der Waals surface area contributed by atoms with E-state index in [1.807, 2.05) is 0 Å². The van der Waals surface area contributed by atoms with Gasteiger partial charge in [0, 0.05) is 19.4 Å². The summed E-state index contributed by atoms with van der Waals surface area (Å²) in [5.74, 6) is -1.90. The van der Waals surface area contributed by atoms with E-state index in [9.17, 15) is 23.6 Å². The smallest absolute Gasteiger partial charge is 0.414 e. The van der Waals surface area contributed by atoms with Crippen LogP contribution in [0.2, 0.25) is 0 Å². The van der Waals surface area contributed by atoms with E-state index in [4.69, 9.17) is 4.74 Å². The van der Waals surface area contributed by atoms with Crippen molar-refractivity contribution in [3.8, 4) is 10.6 Å². The molecule has 0 radical (unpaired) electrons. The molecule has 32 heavy (non-hydrogen) atoms. The third-order valence-electron chi connectivity index (χ3n) is 4.24. The summed E-state index contributed by atoms with van der Waals surface area (Å²) < 4.78 is 23.9. The number of esters is 1. The van der Waals surface area contributed by atoms with Crippen LogP contribution >= 0.6 is 11.3 Å². The molecular weight excluding hydrogens is 445 g/mol. The molecule has 1 fully saturated rings. The summed E-state index contributed by atoms with van der Waals surface area (Å²) in [7, 11) is 0. The van der Waals surface area contributed by atoms with Crippen molar-refractivity contribution in [2.45, 2.75) is 26.5 Å². The lowest BCUT2D eigenvalue weighted by Gasteiger charge is -2.16. The fraction of sp³-hybridized carbons (Fsp3) is 0.368. The first-order chi connectivity index (χ1) is 15.2. The summed E-state index contributed by atoms with van der Waals surface area (Å²) in [5.41, 5.74) is 0.709. The van der Waals surface area contributed by atoms with Gasteiger partial charge >= 0.3 is 12.1 Å². The van der Waals surface area contributed by atoms with E-state index in [0.717, 1.165) is 0 Å². The van der Waals surface area contributed by atoms with E-state index in [1.54, 1.807) is 0 Å². The summed E-state index contributed by atoms with van der Waals surface area (Å²) in [6.45, 7) is 2.37. The fourth-order valence-electron chi connectivity index (χ4n) is 2.81. The van der Waals surface area contributed by atoms with Crippen molar-refractivity contribution in [3.63, 3.8) is 0 Å². The molecule has 3 amide bonds. The van der Waals surface area contributed by atoms with E-state index >= 15 is 0 Å². The molecule has 170 valence electrons. The molecule has 1 aromatic heterocycles. The number of cyclic esters (lactones) is 1. The summed E-state index contributed by atoms with van der Waals surface area (Å²) in [5, 5.41) is 14.2. The van der Waals surface area contributed by atoms with Crippen LogP contribution in [0.5, 0.6) is 0 Å². The van der Waals surface area contributed by atoms with Gasteiger partial charge in [0.15, 0.2) is 6.61 Å². The highest BCUT2D eigenvalue weighted by atomic mass is 32.1. The van der Waals surface area contributed by atoms with Crippen molar-refractivity contribution in [2.24, 2.45) is 0 Å². The van der Waals surface area contributed by atoms with Gasteiger partial charge in [-0.2, -0.15) is 0 Å². The van der Waals surface area contributed by atoms with Gasteiger partial charge in [-0.15, -0.1) is 10.2 Å². The average Bonchev–Trinajstić information content (AvgIpc) is 3.35. The van der Waals surface area contributed by atoms with Crippen LogP contribution in [-0.4, -0.2) is 59.9 Å². The highest BCUT2D eigenvalue weighted by Gasteiger charge is 2.34. The Morgan fingerprint density at radius 2 is 2.06 bits per heavy atom. The predicted molar refractivity (Wildman–Crippen MR) is 110 cm³/mol. The van der Waals surface area contributed by atoms with Gasteiger partial charge in [0.05, 0.1) is 25.3 Å². The molecule has 0 saturated carbocycles. The molecule has 1 aliphatic heterocycles. The minimum atomic E-state index is -0.709. The first kappa shape index (κ1) is 23.1. The van der Waals surface area contributed by atoms with Crippen LogP contribution in [0.15, 0.2) is 18.2 Å². The molecule has 3 rings (SSSR count). The second-order valence-electron chi connectivity index (χ2n) is 6.77. The molecule has 11 nitrogen and oxygen atoms in total.